The van der Waals surface area contributed by atoms with Crippen LogP contribution in [0.25, 0.3) is 11.0 Å². The van der Waals surface area contributed by atoms with Crippen molar-refractivity contribution in [2.45, 2.75) is 24.7 Å². The molecule has 0 spiro atoms. The molecule has 0 amide bonds. The van der Waals surface area contributed by atoms with Crippen molar-refractivity contribution >= 4 is 16.7 Å². The number of H-pyrrole nitrogens is 1. The summed E-state index contributed by atoms with van der Waals surface area (Å²) < 4.78 is 45.5. The highest BCUT2D eigenvalue weighted by Gasteiger charge is 2.39. The smallest absolute Gasteiger partial charge is 0.449 e. The Kier molecular flexibility index (Phi) is 4.74. The van der Waals surface area contributed by atoms with E-state index in [0.29, 0.717) is 24.4 Å². The Labute approximate surface area is 176 Å². The van der Waals surface area contributed by atoms with Crippen LogP contribution in [0.1, 0.15) is 23.9 Å². The molecule has 0 saturated carbocycles. The zero-order valence-electron chi connectivity index (χ0n) is 16.5. The van der Waals surface area contributed by atoms with E-state index in [4.69, 9.17) is 4.74 Å². The molecule has 2 aliphatic heterocycles. The molecule has 0 aliphatic carbocycles. The number of para-hydroxylation sites is 2. The van der Waals surface area contributed by atoms with Gasteiger partial charge in [-0.2, -0.15) is 18.4 Å². The van der Waals surface area contributed by atoms with Crippen LogP contribution in [0.2, 0.25) is 0 Å². The minimum atomic E-state index is -4.55. The third-order valence-corrected chi connectivity index (χ3v) is 6.01. The molecule has 2 aliphatic rings. The van der Waals surface area contributed by atoms with Gasteiger partial charge in [0.15, 0.2) is 0 Å². The molecule has 0 unspecified atom stereocenters. The summed E-state index contributed by atoms with van der Waals surface area (Å²) in [5, 5.41) is 12.8. The van der Waals surface area contributed by atoms with Crippen molar-refractivity contribution in [1.29, 1.82) is 5.26 Å². The standard InChI is InChI=1S/C22H20F3N5O/c23-22(24,25)21-28-16-6-3-5-15(20(16)29-21)27-19-14-4-1-2-7-18(14)31-12-17(19)30-9-8-13(10-26)11-30/h1-7,13,17,19,27H,8-9,11-12H2,(H,28,29)/t13-,17+,19+/m1/s1. The van der Waals surface area contributed by atoms with E-state index in [9.17, 15) is 18.4 Å². The molecule has 1 aromatic heterocycles. The molecule has 5 rings (SSSR count). The SMILES string of the molecule is N#C[C@H]1CCN([C@H]2COc3ccccc3[C@@H]2Nc2cccc3[nH]c(C(F)(F)F)nc23)C1. The lowest BCUT2D eigenvalue weighted by atomic mass is 9.94. The summed E-state index contributed by atoms with van der Waals surface area (Å²) in [6, 6.07) is 14.7. The lowest BCUT2D eigenvalue weighted by Gasteiger charge is -2.39. The van der Waals surface area contributed by atoms with Gasteiger partial charge in [0.1, 0.15) is 17.9 Å². The second-order valence-electron chi connectivity index (χ2n) is 7.93. The van der Waals surface area contributed by atoms with Gasteiger partial charge in [0.25, 0.3) is 0 Å². The summed E-state index contributed by atoms with van der Waals surface area (Å²) in [6.45, 7) is 1.85. The van der Waals surface area contributed by atoms with Crippen LogP contribution >= 0.6 is 0 Å². The van der Waals surface area contributed by atoms with E-state index in [0.717, 1.165) is 24.3 Å². The summed E-state index contributed by atoms with van der Waals surface area (Å²) in [5.74, 6) is -0.295. The first-order valence-electron chi connectivity index (χ1n) is 10.1. The molecule has 2 N–H and O–H groups in total. The highest BCUT2D eigenvalue weighted by molar-refractivity contribution is 5.88. The number of aromatic amines is 1. The fourth-order valence-corrected chi connectivity index (χ4v) is 4.48. The quantitative estimate of drug-likeness (QED) is 0.650. The molecule has 0 radical (unpaired) electrons. The number of imidazole rings is 1. The molecular formula is C22H20F3N5O. The van der Waals surface area contributed by atoms with E-state index in [-0.39, 0.29) is 23.5 Å². The third kappa shape index (κ3) is 3.57. The van der Waals surface area contributed by atoms with Crippen LogP contribution in [0.15, 0.2) is 42.5 Å². The van der Waals surface area contributed by atoms with Crippen molar-refractivity contribution in [3.05, 3.63) is 53.9 Å². The van der Waals surface area contributed by atoms with Crippen LogP contribution in [0.4, 0.5) is 18.9 Å². The Morgan fingerprint density at radius 2 is 2.03 bits per heavy atom. The Balaban J connectivity index is 1.53. The molecule has 0 bridgehead atoms. The van der Waals surface area contributed by atoms with Gasteiger partial charge in [-0.3, -0.25) is 4.90 Å². The van der Waals surface area contributed by atoms with Gasteiger partial charge in [0.05, 0.1) is 35.3 Å². The lowest BCUT2D eigenvalue weighted by molar-refractivity contribution is -0.144. The summed E-state index contributed by atoms with van der Waals surface area (Å²) >= 11 is 0. The number of ether oxygens (including phenoxy) is 1. The average molecular weight is 427 g/mol. The maximum Gasteiger partial charge on any atom is 0.449 e. The summed E-state index contributed by atoms with van der Waals surface area (Å²) in [5.41, 5.74) is 2.02. The number of hydrogen-bond donors (Lipinski definition) is 2. The van der Waals surface area contributed by atoms with Gasteiger partial charge < -0.3 is 15.0 Å². The van der Waals surface area contributed by atoms with Gasteiger partial charge >= 0.3 is 6.18 Å². The van der Waals surface area contributed by atoms with E-state index in [1.54, 1.807) is 18.2 Å². The predicted octanol–water partition coefficient (Wildman–Crippen LogP) is 4.34. The number of anilines is 1. The minimum Gasteiger partial charge on any atom is -0.491 e. The van der Waals surface area contributed by atoms with Crippen molar-refractivity contribution < 1.29 is 17.9 Å². The van der Waals surface area contributed by atoms with Crippen molar-refractivity contribution in [3.63, 3.8) is 0 Å². The van der Waals surface area contributed by atoms with Gasteiger partial charge in [0.2, 0.25) is 5.82 Å². The number of benzene rings is 2. The number of fused-ring (bicyclic) bond motifs is 2. The van der Waals surface area contributed by atoms with Gasteiger partial charge in [-0.15, -0.1) is 0 Å². The first-order valence-corrected chi connectivity index (χ1v) is 10.1. The number of nitrogens with one attached hydrogen (secondary N) is 2. The summed E-state index contributed by atoms with van der Waals surface area (Å²) in [7, 11) is 0. The topological polar surface area (TPSA) is 77.0 Å². The van der Waals surface area contributed by atoms with Crippen LogP contribution in [-0.4, -0.2) is 40.6 Å². The number of nitrogens with zero attached hydrogens (tertiary/aromatic N) is 3. The number of alkyl halides is 3. The van der Waals surface area contributed by atoms with Crippen molar-refractivity contribution in [3.8, 4) is 11.8 Å². The molecule has 31 heavy (non-hydrogen) atoms. The highest BCUT2D eigenvalue weighted by Crippen LogP contribution is 2.39. The Morgan fingerprint density at radius 3 is 2.81 bits per heavy atom. The van der Waals surface area contributed by atoms with Crippen molar-refractivity contribution in [2.24, 2.45) is 5.92 Å². The largest absolute Gasteiger partial charge is 0.491 e. The van der Waals surface area contributed by atoms with Crippen LogP contribution < -0.4 is 10.1 Å². The molecule has 9 heteroatoms. The van der Waals surface area contributed by atoms with E-state index in [1.807, 2.05) is 24.3 Å². The van der Waals surface area contributed by atoms with E-state index >= 15 is 0 Å². The zero-order chi connectivity index (χ0) is 21.6. The number of rotatable bonds is 3. The zero-order valence-corrected chi connectivity index (χ0v) is 16.5. The molecule has 1 fully saturated rings. The van der Waals surface area contributed by atoms with Gasteiger partial charge in [-0.05, 0) is 24.6 Å². The van der Waals surface area contributed by atoms with E-state index in [1.165, 1.54) is 0 Å². The van der Waals surface area contributed by atoms with Crippen LogP contribution in [0.5, 0.6) is 5.75 Å². The predicted molar refractivity (Wildman–Crippen MR) is 108 cm³/mol. The fraction of sp³-hybridized carbons (Fsp3) is 0.364. The van der Waals surface area contributed by atoms with Gasteiger partial charge in [-0.1, -0.05) is 24.3 Å². The number of halogens is 3. The lowest BCUT2D eigenvalue weighted by Crippen LogP contribution is -2.47. The number of hydrogen-bond acceptors (Lipinski definition) is 5. The van der Waals surface area contributed by atoms with Crippen LogP contribution in [-0.2, 0) is 6.18 Å². The van der Waals surface area contributed by atoms with Crippen LogP contribution in [0, 0.1) is 17.2 Å². The monoisotopic (exact) mass is 427 g/mol. The highest BCUT2D eigenvalue weighted by atomic mass is 19.4. The Hall–Kier alpha value is -3.25. The second kappa shape index (κ2) is 7.46. The van der Waals surface area contributed by atoms with Gasteiger partial charge in [-0.25, -0.2) is 4.98 Å². The molecule has 2 aromatic carbocycles. The molecule has 6 nitrogen and oxygen atoms in total. The first-order chi connectivity index (χ1) is 14.9. The molecule has 1 saturated heterocycles. The fourth-order valence-electron chi connectivity index (χ4n) is 4.48. The minimum absolute atomic E-state index is 0.0260. The normalized spacial score (nSPS) is 23.9. The third-order valence-electron chi connectivity index (χ3n) is 6.01. The molecule has 3 heterocycles. The second-order valence-corrected chi connectivity index (χ2v) is 7.93. The van der Waals surface area contributed by atoms with E-state index in [2.05, 4.69) is 26.3 Å². The maximum atomic E-state index is 13.2. The summed E-state index contributed by atoms with van der Waals surface area (Å²) in [6.07, 6.45) is -3.75. The van der Waals surface area contributed by atoms with Crippen LogP contribution in [0.3, 0.4) is 0 Å². The van der Waals surface area contributed by atoms with E-state index < -0.39 is 12.0 Å². The first kappa shape index (κ1) is 19.7. The number of nitriles is 1. The molecule has 3 aromatic rings. The number of likely N-dealkylation sites (tertiary alicyclic amines) is 1. The maximum absolute atomic E-state index is 13.2. The summed E-state index contributed by atoms with van der Waals surface area (Å²) in [4.78, 5) is 8.42. The van der Waals surface area contributed by atoms with Gasteiger partial charge in [0, 0.05) is 18.7 Å². The molecular weight excluding hydrogens is 407 g/mol. The Bertz CT molecular complexity index is 1150. The molecule has 160 valence electrons. The Morgan fingerprint density at radius 1 is 1.19 bits per heavy atom. The van der Waals surface area contributed by atoms with Crippen molar-refractivity contribution in [2.75, 3.05) is 25.0 Å². The molecule has 3 atom stereocenters. The van der Waals surface area contributed by atoms with Crippen molar-refractivity contribution in [1.82, 2.24) is 14.9 Å². The average Bonchev–Trinajstić information content (AvgIpc) is 3.41. The number of aromatic nitrogens is 2.